The van der Waals surface area contributed by atoms with Gasteiger partial charge in [0.05, 0.1) is 24.7 Å². The van der Waals surface area contributed by atoms with E-state index in [0.717, 1.165) is 55.7 Å². The van der Waals surface area contributed by atoms with Crippen LogP contribution >= 0.6 is 11.8 Å². The lowest BCUT2D eigenvalue weighted by Gasteiger charge is -2.31. The van der Waals surface area contributed by atoms with Gasteiger partial charge in [0.15, 0.2) is 0 Å². The van der Waals surface area contributed by atoms with Gasteiger partial charge in [-0.1, -0.05) is 60.7 Å². The number of hydrogen-bond acceptors (Lipinski definition) is 7. The van der Waals surface area contributed by atoms with Crippen LogP contribution in [0.2, 0.25) is 0 Å². The van der Waals surface area contributed by atoms with E-state index in [-0.39, 0.29) is 42.7 Å². The molecule has 0 aliphatic carbocycles. The van der Waals surface area contributed by atoms with E-state index in [0.29, 0.717) is 4.91 Å². The normalized spacial score (nSPS) is 18.7. The van der Waals surface area contributed by atoms with Gasteiger partial charge in [0.25, 0.3) is 11.1 Å². The molecule has 8 nitrogen and oxygen atoms in total. The molecule has 0 unspecified atom stereocenters. The Morgan fingerprint density at radius 2 is 1.71 bits per heavy atom. The Bertz CT molecular complexity index is 1040. The number of imide groups is 1. The van der Waals surface area contributed by atoms with Gasteiger partial charge < -0.3 is 15.4 Å². The van der Waals surface area contributed by atoms with Gasteiger partial charge in [-0.05, 0) is 29.0 Å². The highest BCUT2D eigenvalue weighted by atomic mass is 32.2. The average Bonchev–Trinajstić information content (AvgIpc) is 3.15. The predicted octanol–water partition coefficient (Wildman–Crippen LogP) is 2.50. The van der Waals surface area contributed by atoms with Gasteiger partial charge in [0.2, 0.25) is 5.91 Å². The number of thioether (sulfide) groups is 1. The SMILES string of the molecule is O=C(CN[C@H](CN1CCOCC1)c1ccccc1)NCCN1C(=O)S/C(=C\c2ccccc2)C1=O. The van der Waals surface area contributed by atoms with Crippen LogP contribution in [0.15, 0.2) is 65.6 Å². The van der Waals surface area contributed by atoms with Gasteiger partial charge in [-0.15, -0.1) is 0 Å². The highest BCUT2D eigenvalue weighted by molar-refractivity contribution is 8.18. The van der Waals surface area contributed by atoms with Crippen molar-refractivity contribution in [3.8, 4) is 0 Å². The Morgan fingerprint density at radius 1 is 1.03 bits per heavy atom. The monoisotopic (exact) mass is 494 g/mol. The molecule has 2 fully saturated rings. The smallest absolute Gasteiger partial charge is 0.293 e. The van der Waals surface area contributed by atoms with Crippen molar-refractivity contribution in [1.82, 2.24) is 20.4 Å². The van der Waals surface area contributed by atoms with E-state index in [1.165, 1.54) is 4.90 Å². The summed E-state index contributed by atoms with van der Waals surface area (Å²) in [5, 5.41) is 5.85. The first kappa shape index (κ1) is 25.1. The first-order chi connectivity index (χ1) is 17.1. The van der Waals surface area contributed by atoms with Crippen LogP contribution in [-0.4, -0.2) is 79.3 Å². The second kappa shape index (κ2) is 12.6. The fourth-order valence-corrected chi connectivity index (χ4v) is 4.86. The van der Waals surface area contributed by atoms with E-state index in [9.17, 15) is 14.4 Å². The van der Waals surface area contributed by atoms with E-state index < -0.39 is 0 Å². The second-order valence-electron chi connectivity index (χ2n) is 8.35. The number of carbonyl (C=O) groups is 3. The maximum atomic E-state index is 12.6. The molecule has 2 aliphatic heterocycles. The van der Waals surface area contributed by atoms with Crippen LogP contribution < -0.4 is 10.6 Å². The van der Waals surface area contributed by atoms with Crippen LogP contribution in [-0.2, 0) is 14.3 Å². The summed E-state index contributed by atoms with van der Waals surface area (Å²) in [6.45, 7) is 4.44. The zero-order valence-electron chi connectivity index (χ0n) is 19.5. The summed E-state index contributed by atoms with van der Waals surface area (Å²) in [6, 6.07) is 19.5. The van der Waals surface area contributed by atoms with Crippen molar-refractivity contribution in [1.29, 1.82) is 0 Å². The Balaban J connectivity index is 1.25. The molecule has 2 aromatic rings. The molecule has 0 bridgehead atoms. The van der Waals surface area contributed by atoms with Crippen molar-refractivity contribution in [2.45, 2.75) is 6.04 Å². The third kappa shape index (κ3) is 7.25. The van der Waals surface area contributed by atoms with E-state index >= 15 is 0 Å². The minimum atomic E-state index is -0.328. The number of amides is 3. The van der Waals surface area contributed by atoms with Gasteiger partial charge in [-0.25, -0.2) is 0 Å². The molecule has 3 amide bonds. The van der Waals surface area contributed by atoms with Crippen molar-refractivity contribution in [2.24, 2.45) is 0 Å². The van der Waals surface area contributed by atoms with Gasteiger partial charge in [-0.2, -0.15) is 0 Å². The van der Waals surface area contributed by atoms with E-state index in [4.69, 9.17) is 4.74 Å². The highest BCUT2D eigenvalue weighted by Crippen LogP contribution is 2.31. The highest BCUT2D eigenvalue weighted by Gasteiger charge is 2.34. The number of hydrogen-bond donors (Lipinski definition) is 2. The van der Waals surface area contributed by atoms with Gasteiger partial charge >= 0.3 is 0 Å². The standard InChI is InChI=1S/C26H30N4O4S/c31-24(18-28-22(21-9-5-2-6-10-21)19-29-13-15-34-16-14-29)27-11-12-30-25(32)23(35-26(30)33)17-20-7-3-1-4-8-20/h1-10,17,22,28H,11-16,18-19H2,(H,27,31)/b23-17-/t22-/m1/s1. The summed E-state index contributed by atoms with van der Waals surface area (Å²) in [6.07, 6.45) is 1.71. The molecule has 2 heterocycles. The van der Waals surface area contributed by atoms with Gasteiger partial charge in [0.1, 0.15) is 0 Å². The fourth-order valence-electron chi connectivity index (χ4n) is 3.99. The number of ether oxygens (including phenoxy) is 1. The molecule has 9 heteroatoms. The number of morpholine rings is 1. The van der Waals surface area contributed by atoms with Crippen molar-refractivity contribution in [2.75, 3.05) is 52.5 Å². The lowest BCUT2D eigenvalue weighted by molar-refractivity contribution is -0.124. The number of carbonyl (C=O) groups excluding carboxylic acids is 3. The van der Waals surface area contributed by atoms with E-state index in [1.807, 2.05) is 48.5 Å². The molecule has 2 aromatic carbocycles. The molecule has 4 rings (SSSR count). The van der Waals surface area contributed by atoms with Gasteiger partial charge in [0, 0.05) is 38.8 Å². The minimum absolute atomic E-state index is 0.00358. The number of nitrogens with one attached hydrogen (secondary N) is 2. The van der Waals surface area contributed by atoms with Crippen molar-refractivity contribution in [3.05, 3.63) is 76.7 Å². The summed E-state index contributed by atoms with van der Waals surface area (Å²) in [7, 11) is 0. The van der Waals surface area contributed by atoms with Crippen LogP contribution in [0.5, 0.6) is 0 Å². The molecule has 2 aliphatic rings. The largest absolute Gasteiger partial charge is 0.379 e. The molecule has 0 saturated carbocycles. The first-order valence-electron chi connectivity index (χ1n) is 11.8. The molecule has 0 spiro atoms. The number of nitrogens with zero attached hydrogens (tertiary/aromatic N) is 2. The zero-order chi connectivity index (χ0) is 24.5. The van der Waals surface area contributed by atoms with Crippen LogP contribution in [0.1, 0.15) is 17.2 Å². The summed E-state index contributed by atoms with van der Waals surface area (Å²) in [4.78, 5) is 41.3. The third-order valence-electron chi connectivity index (χ3n) is 5.88. The molecule has 2 N–H and O–H groups in total. The van der Waals surface area contributed by atoms with Crippen LogP contribution in [0.25, 0.3) is 6.08 Å². The van der Waals surface area contributed by atoms with Crippen LogP contribution in [0.3, 0.4) is 0 Å². The number of rotatable bonds is 10. The Labute approximate surface area is 209 Å². The van der Waals surface area contributed by atoms with Crippen molar-refractivity contribution < 1.29 is 19.1 Å². The number of benzene rings is 2. The topological polar surface area (TPSA) is 91.0 Å². The maximum absolute atomic E-state index is 12.6. The minimum Gasteiger partial charge on any atom is -0.379 e. The van der Waals surface area contributed by atoms with Crippen LogP contribution in [0, 0.1) is 0 Å². The predicted molar refractivity (Wildman–Crippen MR) is 137 cm³/mol. The summed E-state index contributed by atoms with van der Waals surface area (Å²) in [5.74, 6) is -0.509. The van der Waals surface area contributed by atoms with Crippen LogP contribution in [0.4, 0.5) is 4.79 Å². The quantitative estimate of drug-likeness (QED) is 0.491. The summed E-state index contributed by atoms with van der Waals surface area (Å²) < 4.78 is 5.44. The fraction of sp³-hybridized carbons (Fsp3) is 0.346. The average molecular weight is 495 g/mol. The lowest BCUT2D eigenvalue weighted by Crippen LogP contribution is -2.45. The van der Waals surface area contributed by atoms with E-state index in [2.05, 4.69) is 27.7 Å². The Kier molecular flexibility index (Phi) is 9.08. The zero-order valence-corrected chi connectivity index (χ0v) is 20.3. The molecular weight excluding hydrogens is 464 g/mol. The molecular formula is C26H30N4O4S. The Hall–Kier alpha value is -2.98. The first-order valence-corrected chi connectivity index (χ1v) is 12.6. The molecule has 0 radical (unpaired) electrons. The van der Waals surface area contributed by atoms with E-state index in [1.54, 1.807) is 6.08 Å². The molecule has 184 valence electrons. The molecule has 0 aromatic heterocycles. The molecule has 2 saturated heterocycles. The second-order valence-corrected chi connectivity index (χ2v) is 9.34. The van der Waals surface area contributed by atoms with Crippen molar-refractivity contribution in [3.63, 3.8) is 0 Å². The maximum Gasteiger partial charge on any atom is 0.293 e. The third-order valence-corrected chi connectivity index (χ3v) is 6.79. The molecule has 35 heavy (non-hydrogen) atoms. The molecule has 1 atom stereocenters. The summed E-state index contributed by atoms with van der Waals surface area (Å²) >= 11 is 0.924. The van der Waals surface area contributed by atoms with Crippen molar-refractivity contribution >= 4 is 34.9 Å². The summed E-state index contributed by atoms with van der Waals surface area (Å²) in [5.41, 5.74) is 1.98. The lowest BCUT2D eigenvalue weighted by atomic mass is 10.1. The van der Waals surface area contributed by atoms with Gasteiger partial charge in [-0.3, -0.25) is 24.2 Å². The Morgan fingerprint density at radius 3 is 2.43 bits per heavy atom.